The third-order valence-electron chi connectivity index (χ3n) is 5.12. The number of aromatic nitrogens is 2. The number of halogens is 2. The lowest BCUT2D eigenvalue weighted by Gasteiger charge is -2.25. The van der Waals surface area contributed by atoms with Crippen molar-refractivity contribution >= 4 is 32.9 Å². The predicted octanol–water partition coefficient (Wildman–Crippen LogP) is 3.59. The zero-order valence-electron chi connectivity index (χ0n) is 17.1. The molecule has 0 spiro atoms. The van der Waals surface area contributed by atoms with Gasteiger partial charge < -0.3 is 9.72 Å². The maximum Gasteiger partial charge on any atom is 0.421 e. The molecule has 1 amide bonds. The van der Waals surface area contributed by atoms with Gasteiger partial charge in [-0.3, -0.25) is 0 Å². The van der Waals surface area contributed by atoms with Gasteiger partial charge >= 0.3 is 16.3 Å². The van der Waals surface area contributed by atoms with Crippen molar-refractivity contribution in [2.75, 3.05) is 19.7 Å². The highest BCUT2D eigenvalue weighted by atomic mass is 32.2. The van der Waals surface area contributed by atoms with Gasteiger partial charge in [0.25, 0.3) is 0 Å². The summed E-state index contributed by atoms with van der Waals surface area (Å²) in [4.78, 5) is 18.9. The fraction of sp³-hybridized carbons (Fsp3) is 0.238. The van der Waals surface area contributed by atoms with Crippen LogP contribution in [0, 0.1) is 11.6 Å². The number of nitrogens with one attached hydrogen (secondary N) is 2. The number of carbonyl (C=O) groups excluding carboxylic acids is 1. The molecular weight excluding hydrogens is 442 g/mol. The molecule has 8 nitrogen and oxygen atoms in total. The molecule has 0 fully saturated rings. The Bertz CT molecular complexity index is 1320. The Hall–Kier alpha value is -3.31. The summed E-state index contributed by atoms with van der Waals surface area (Å²) in [6.45, 7) is 1.83. The third kappa shape index (κ3) is 4.21. The highest BCUT2D eigenvalue weighted by molar-refractivity contribution is 7.87. The minimum Gasteiger partial charge on any atom is -0.449 e. The quantitative estimate of drug-likeness (QED) is 0.603. The van der Waals surface area contributed by atoms with Gasteiger partial charge in [-0.1, -0.05) is 18.2 Å². The van der Waals surface area contributed by atoms with Crippen LogP contribution in [-0.2, 0) is 14.9 Å². The average Bonchev–Trinajstić information content (AvgIpc) is 3.20. The van der Waals surface area contributed by atoms with Crippen LogP contribution in [0.15, 0.2) is 42.6 Å². The van der Waals surface area contributed by atoms with Crippen LogP contribution in [0.25, 0.3) is 27.7 Å². The number of aromatic amines is 1. The lowest BCUT2D eigenvalue weighted by atomic mass is 10.0. The normalized spacial score (nSPS) is 14.9. The highest BCUT2D eigenvalue weighted by Gasteiger charge is 2.27. The van der Waals surface area contributed by atoms with Gasteiger partial charge in [0.05, 0.1) is 6.61 Å². The summed E-state index contributed by atoms with van der Waals surface area (Å²) in [7, 11) is -4.02. The van der Waals surface area contributed by atoms with Crippen LogP contribution in [0.4, 0.5) is 13.6 Å². The molecule has 168 valence electrons. The van der Waals surface area contributed by atoms with Gasteiger partial charge in [-0.05, 0) is 42.7 Å². The van der Waals surface area contributed by atoms with Crippen LogP contribution in [-0.4, -0.2) is 48.5 Å². The Labute approximate surface area is 183 Å². The molecule has 3 heterocycles. The van der Waals surface area contributed by atoms with E-state index in [0.717, 1.165) is 15.9 Å². The number of rotatable bonds is 5. The smallest absolute Gasteiger partial charge is 0.421 e. The van der Waals surface area contributed by atoms with E-state index in [-0.39, 0.29) is 25.3 Å². The van der Waals surface area contributed by atoms with Crippen molar-refractivity contribution in [1.29, 1.82) is 0 Å². The number of fused-ring (bicyclic) bond motifs is 1. The first-order valence-corrected chi connectivity index (χ1v) is 11.3. The van der Waals surface area contributed by atoms with Crippen molar-refractivity contribution in [3.63, 3.8) is 0 Å². The number of ether oxygens (including phenoxy) is 1. The fourth-order valence-corrected chi connectivity index (χ4v) is 4.59. The highest BCUT2D eigenvalue weighted by Crippen LogP contribution is 2.33. The molecule has 1 aliphatic rings. The standard InChI is InChI=1S/C21H20F2N4O4S/c1-2-31-21(28)26-32(29,30)27-10-7-13(8-11-27)18-12-16-14(6-9-24-20(16)25-18)15-4-3-5-17(22)19(15)23/h3-7,9,12H,2,8,10-11H2,1H3,(H,24,25)(H,26,28). The van der Waals surface area contributed by atoms with Crippen molar-refractivity contribution in [2.45, 2.75) is 13.3 Å². The number of benzene rings is 1. The minimum absolute atomic E-state index is 0.0538. The molecule has 11 heteroatoms. The van der Waals surface area contributed by atoms with E-state index < -0.39 is 27.9 Å². The minimum atomic E-state index is -4.02. The lowest BCUT2D eigenvalue weighted by Crippen LogP contribution is -2.45. The van der Waals surface area contributed by atoms with E-state index in [9.17, 15) is 22.0 Å². The maximum absolute atomic E-state index is 14.4. The number of H-pyrrole nitrogens is 1. The van der Waals surface area contributed by atoms with Crippen LogP contribution in [0.5, 0.6) is 0 Å². The second-order valence-electron chi connectivity index (χ2n) is 7.07. The van der Waals surface area contributed by atoms with Gasteiger partial charge in [0.1, 0.15) is 5.65 Å². The number of nitrogens with zero attached hydrogens (tertiary/aromatic N) is 2. The Morgan fingerprint density at radius 3 is 2.81 bits per heavy atom. The molecule has 0 saturated heterocycles. The Balaban J connectivity index is 1.61. The largest absolute Gasteiger partial charge is 0.449 e. The van der Waals surface area contributed by atoms with Gasteiger partial charge in [0, 0.05) is 35.9 Å². The van der Waals surface area contributed by atoms with Gasteiger partial charge in [-0.2, -0.15) is 12.7 Å². The van der Waals surface area contributed by atoms with Gasteiger partial charge in [-0.25, -0.2) is 23.3 Å². The molecular formula is C21H20F2N4O4S. The molecule has 0 atom stereocenters. The molecule has 3 aromatic rings. The SMILES string of the molecule is CCOC(=O)NS(=O)(=O)N1CC=C(c2cc3c(-c4cccc(F)c4F)ccnc3[nH]2)CC1. The van der Waals surface area contributed by atoms with E-state index in [1.165, 1.54) is 18.3 Å². The van der Waals surface area contributed by atoms with E-state index >= 15 is 0 Å². The van der Waals surface area contributed by atoms with Crippen molar-refractivity contribution in [1.82, 2.24) is 19.0 Å². The zero-order valence-corrected chi connectivity index (χ0v) is 17.9. The number of hydrogen-bond acceptors (Lipinski definition) is 5. The summed E-state index contributed by atoms with van der Waals surface area (Å²) in [5.74, 6) is -1.87. The molecule has 0 saturated carbocycles. The van der Waals surface area contributed by atoms with Gasteiger partial charge in [0.15, 0.2) is 11.6 Å². The maximum atomic E-state index is 14.4. The van der Waals surface area contributed by atoms with Crippen LogP contribution in [0.1, 0.15) is 19.0 Å². The molecule has 1 aliphatic heterocycles. The Morgan fingerprint density at radius 2 is 2.09 bits per heavy atom. The summed E-state index contributed by atoms with van der Waals surface area (Å²) < 4.78 is 60.3. The van der Waals surface area contributed by atoms with Crippen molar-refractivity contribution in [3.8, 4) is 11.1 Å². The van der Waals surface area contributed by atoms with Gasteiger partial charge in [-0.15, -0.1) is 0 Å². The molecule has 2 aromatic heterocycles. The van der Waals surface area contributed by atoms with Gasteiger partial charge in [0.2, 0.25) is 0 Å². The average molecular weight is 462 g/mol. The van der Waals surface area contributed by atoms with Crippen molar-refractivity contribution < 1.29 is 26.7 Å². The fourth-order valence-electron chi connectivity index (χ4n) is 3.59. The predicted molar refractivity (Wildman–Crippen MR) is 115 cm³/mol. The number of hydrogen-bond donors (Lipinski definition) is 2. The lowest BCUT2D eigenvalue weighted by molar-refractivity contribution is 0.158. The molecule has 4 rings (SSSR count). The number of pyridine rings is 1. The monoisotopic (exact) mass is 462 g/mol. The zero-order chi connectivity index (χ0) is 22.9. The summed E-state index contributed by atoms with van der Waals surface area (Å²) >= 11 is 0. The molecule has 1 aromatic carbocycles. The van der Waals surface area contributed by atoms with E-state index in [2.05, 4.69) is 14.7 Å². The molecule has 0 radical (unpaired) electrons. The topological polar surface area (TPSA) is 104 Å². The van der Waals surface area contributed by atoms with E-state index in [4.69, 9.17) is 0 Å². The first-order valence-electron chi connectivity index (χ1n) is 9.86. The second kappa shape index (κ2) is 8.67. The molecule has 0 aliphatic carbocycles. The third-order valence-corrected chi connectivity index (χ3v) is 6.56. The summed E-state index contributed by atoms with van der Waals surface area (Å²) in [6, 6.07) is 7.40. The Morgan fingerprint density at radius 1 is 1.28 bits per heavy atom. The molecule has 2 N–H and O–H groups in total. The number of amides is 1. The molecule has 32 heavy (non-hydrogen) atoms. The molecule has 0 unspecified atom stereocenters. The van der Waals surface area contributed by atoms with Crippen LogP contribution >= 0.6 is 0 Å². The van der Waals surface area contributed by atoms with E-state index in [1.54, 1.807) is 25.1 Å². The van der Waals surface area contributed by atoms with Crippen molar-refractivity contribution in [3.05, 3.63) is 59.9 Å². The first kappa shape index (κ1) is 21.9. The summed E-state index contributed by atoms with van der Waals surface area (Å²) in [5.41, 5.74) is 2.67. The Kier molecular flexibility index (Phi) is 5.94. The number of carbonyl (C=O) groups is 1. The van der Waals surface area contributed by atoms with Crippen LogP contribution in [0.2, 0.25) is 0 Å². The van der Waals surface area contributed by atoms with E-state index in [0.29, 0.717) is 28.7 Å². The summed E-state index contributed by atoms with van der Waals surface area (Å²) in [6.07, 6.45) is 2.58. The first-order chi connectivity index (χ1) is 15.3. The van der Waals surface area contributed by atoms with E-state index in [1.807, 2.05) is 4.72 Å². The second-order valence-corrected chi connectivity index (χ2v) is 8.74. The van der Waals surface area contributed by atoms with Crippen LogP contribution in [0.3, 0.4) is 0 Å². The molecule has 0 bridgehead atoms. The van der Waals surface area contributed by atoms with Crippen LogP contribution < -0.4 is 4.72 Å². The van der Waals surface area contributed by atoms with Crippen molar-refractivity contribution in [2.24, 2.45) is 0 Å². The summed E-state index contributed by atoms with van der Waals surface area (Å²) in [5, 5.41) is 0.618.